The second kappa shape index (κ2) is 8.53. The molecule has 0 aliphatic carbocycles. The molecule has 0 amide bonds. The Morgan fingerprint density at radius 3 is 2.07 bits per heavy atom. The van der Waals surface area contributed by atoms with Crippen molar-refractivity contribution in [2.24, 2.45) is 0 Å². The van der Waals surface area contributed by atoms with E-state index in [1.807, 2.05) is 0 Å². The number of sulfonamides is 2. The van der Waals surface area contributed by atoms with Gasteiger partial charge in [0, 0.05) is 25.2 Å². The number of benzene rings is 2. The van der Waals surface area contributed by atoms with Crippen LogP contribution in [-0.4, -0.2) is 40.6 Å². The number of rotatable bonds is 7. The molecule has 1 fully saturated rings. The predicted octanol–water partition coefficient (Wildman–Crippen LogP) is 2.85. The second-order valence-electron chi connectivity index (χ2n) is 6.56. The molecule has 0 unspecified atom stereocenters. The maximum atomic E-state index is 12.5. The summed E-state index contributed by atoms with van der Waals surface area (Å²) in [5.74, 6) is -0.514. The lowest BCUT2D eigenvalue weighted by Gasteiger charge is -2.16. The number of halogens is 3. The summed E-state index contributed by atoms with van der Waals surface area (Å²) < 4.78 is 94.9. The van der Waals surface area contributed by atoms with E-state index in [9.17, 15) is 30.0 Å². The molecule has 1 heterocycles. The monoisotopic (exact) mass is 464 g/mol. The molecule has 0 atom stereocenters. The van der Waals surface area contributed by atoms with Crippen LogP contribution in [0.3, 0.4) is 0 Å². The molecule has 7 nitrogen and oxygen atoms in total. The summed E-state index contributed by atoms with van der Waals surface area (Å²) in [4.78, 5) is -0.232. The van der Waals surface area contributed by atoms with Gasteiger partial charge in [0.1, 0.15) is 5.75 Å². The zero-order valence-corrected chi connectivity index (χ0v) is 17.2. The Labute approximate surface area is 172 Å². The second-order valence-corrected chi connectivity index (χ2v) is 10.3. The Kier molecular flexibility index (Phi) is 6.41. The first-order valence-electron chi connectivity index (χ1n) is 8.93. The van der Waals surface area contributed by atoms with Crippen molar-refractivity contribution in [3.63, 3.8) is 0 Å². The average molecular weight is 464 g/mol. The summed E-state index contributed by atoms with van der Waals surface area (Å²) in [5, 5.41) is 0. The Hall–Kier alpha value is -2.15. The van der Waals surface area contributed by atoms with Gasteiger partial charge in [0.05, 0.1) is 9.79 Å². The number of nitrogens with one attached hydrogen (secondary N) is 1. The summed E-state index contributed by atoms with van der Waals surface area (Å²) in [6.45, 7) is 0.398. The van der Waals surface area contributed by atoms with Crippen LogP contribution in [0.5, 0.6) is 5.75 Å². The van der Waals surface area contributed by atoms with Crippen molar-refractivity contribution in [1.29, 1.82) is 0 Å². The quantitative estimate of drug-likeness (QED) is 0.680. The van der Waals surface area contributed by atoms with E-state index in [0.29, 0.717) is 13.1 Å². The molecule has 164 valence electrons. The van der Waals surface area contributed by atoms with Gasteiger partial charge in [-0.1, -0.05) is 18.2 Å². The Morgan fingerprint density at radius 1 is 0.900 bits per heavy atom. The summed E-state index contributed by atoms with van der Waals surface area (Å²) in [5.41, 5.74) is -0.00775. The molecule has 0 saturated carbocycles. The van der Waals surface area contributed by atoms with Gasteiger partial charge in [-0.2, -0.15) is 4.31 Å². The highest BCUT2D eigenvalue weighted by Crippen LogP contribution is 2.27. The standard InChI is InChI=1S/C18H19F3N2O5S2/c19-18(20,21)28-17-6-2-1-5-14(17)13-22-29(24,25)15-7-9-16(10-8-15)30(26,27)23-11-3-4-12-23/h1-2,5-10,22H,3-4,11-13H2. The molecule has 1 saturated heterocycles. The van der Waals surface area contributed by atoms with E-state index in [2.05, 4.69) is 9.46 Å². The lowest BCUT2D eigenvalue weighted by atomic mass is 10.2. The van der Waals surface area contributed by atoms with Crippen LogP contribution < -0.4 is 9.46 Å². The molecule has 0 radical (unpaired) electrons. The van der Waals surface area contributed by atoms with Gasteiger partial charge >= 0.3 is 6.36 Å². The van der Waals surface area contributed by atoms with Crippen LogP contribution in [0.1, 0.15) is 18.4 Å². The fourth-order valence-corrected chi connectivity index (χ4v) is 5.52. The minimum Gasteiger partial charge on any atom is -0.405 e. The summed E-state index contributed by atoms with van der Waals surface area (Å²) in [6, 6.07) is 9.84. The third kappa shape index (κ3) is 5.31. The molecule has 1 aliphatic heterocycles. The average Bonchev–Trinajstić information content (AvgIpc) is 3.22. The third-order valence-electron chi connectivity index (χ3n) is 4.49. The molecule has 1 N–H and O–H groups in total. The van der Waals surface area contributed by atoms with Crippen molar-refractivity contribution in [3.8, 4) is 5.75 Å². The van der Waals surface area contributed by atoms with Crippen LogP contribution in [0.25, 0.3) is 0 Å². The van der Waals surface area contributed by atoms with Gasteiger partial charge in [-0.05, 0) is 43.2 Å². The van der Waals surface area contributed by atoms with E-state index >= 15 is 0 Å². The minimum absolute atomic E-state index is 0.00775. The van der Waals surface area contributed by atoms with Crippen molar-refractivity contribution in [2.45, 2.75) is 35.5 Å². The van der Waals surface area contributed by atoms with Crippen LogP contribution in [0.2, 0.25) is 0 Å². The fraction of sp³-hybridized carbons (Fsp3) is 0.333. The highest BCUT2D eigenvalue weighted by molar-refractivity contribution is 7.89. The van der Waals surface area contributed by atoms with Gasteiger partial charge in [-0.15, -0.1) is 13.2 Å². The third-order valence-corrected chi connectivity index (χ3v) is 7.82. The molecule has 2 aromatic rings. The molecule has 12 heteroatoms. The summed E-state index contributed by atoms with van der Waals surface area (Å²) in [6.07, 6.45) is -3.37. The van der Waals surface area contributed by atoms with E-state index < -0.39 is 38.7 Å². The first-order valence-corrected chi connectivity index (χ1v) is 11.8. The van der Waals surface area contributed by atoms with Crippen molar-refractivity contribution >= 4 is 20.0 Å². The number of hydrogen-bond donors (Lipinski definition) is 1. The van der Waals surface area contributed by atoms with Crippen molar-refractivity contribution in [3.05, 3.63) is 54.1 Å². The summed E-state index contributed by atoms with van der Waals surface area (Å²) in [7, 11) is -7.78. The molecule has 30 heavy (non-hydrogen) atoms. The van der Waals surface area contributed by atoms with Gasteiger partial charge < -0.3 is 4.74 Å². The predicted molar refractivity (Wildman–Crippen MR) is 102 cm³/mol. The number of alkyl halides is 3. The van der Waals surface area contributed by atoms with Gasteiger partial charge in [0.25, 0.3) is 0 Å². The Balaban J connectivity index is 1.74. The maximum absolute atomic E-state index is 12.5. The molecule has 3 rings (SSSR count). The van der Waals surface area contributed by atoms with Crippen molar-refractivity contribution in [2.75, 3.05) is 13.1 Å². The van der Waals surface area contributed by atoms with Crippen molar-refractivity contribution < 1.29 is 34.7 Å². The lowest BCUT2D eigenvalue weighted by molar-refractivity contribution is -0.274. The Bertz CT molecular complexity index is 1100. The zero-order chi connectivity index (χ0) is 22.0. The molecular formula is C18H19F3N2O5S2. The number of nitrogens with zero attached hydrogens (tertiary/aromatic N) is 1. The molecule has 0 bridgehead atoms. The largest absolute Gasteiger partial charge is 0.573 e. The minimum atomic E-state index is -4.91. The van der Waals surface area contributed by atoms with Crippen LogP contribution in [0, 0.1) is 0 Å². The number of ether oxygens (including phenoxy) is 1. The first kappa shape index (κ1) is 22.5. The zero-order valence-electron chi connectivity index (χ0n) is 15.6. The van der Waals surface area contributed by atoms with Crippen molar-refractivity contribution in [1.82, 2.24) is 9.03 Å². The highest BCUT2D eigenvalue weighted by atomic mass is 32.2. The normalized spacial score (nSPS) is 16.0. The van der Waals surface area contributed by atoms with Crippen LogP contribution in [-0.2, 0) is 26.6 Å². The van der Waals surface area contributed by atoms with E-state index in [1.54, 1.807) is 0 Å². The number of para-hydroxylation sites is 1. The van der Waals surface area contributed by atoms with E-state index in [1.165, 1.54) is 34.6 Å². The van der Waals surface area contributed by atoms with Gasteiger partial charge in [0.15, 0.2) is 0 Å². The van der Waals surface area contributed by atoms with E-state index in [0.717, 1.165) is 31.0 Å². The highest BCUT2D eigenvalue weighted by Gasteiger charge is 2.32. The van der Waals surface area contributed by atoms with Gasteiger partial charge in [-0.3, -0.25) is 0 Å². The summed E-state index contributed by atoms with van der Waals surface area (Å²) >= 11 is 0. The fourth-order valence-electron chi connectivity index (χ4n) is 3.00. The lowest BCUT2D eigenvalue weighted by Crippen LogP contribution is -2.28. The van der Waals surface area contributed by atoms with Gasteiger partial charge in [-0.25, -0.2) is 21.6 Å². The maximum Gasteiger partial charge on any atom is 0.573 e. The molecule has 0 spiro atoms. The number of hydrogen-bond acceptors (Lipinski definition) is 5. The Morgan fingerprint density at radius 2 is 1.47 bits per heavy atom. The first-order chi connectivity index (χ1) is 14.0. The van der Waals surface area contributed by atoms with Crippen LogP contribution >= 0.6 is 0 Å². The molecule has 2 aromatic carbocycles. The SMILES string of the molecule is O=S(=O)(NCc1ccccc1OC(F)(F)F)c1ccc(S(=O)(=O)N2CCCC2)cc1. The van der Waals surface area contributed by atoms with Crippen LogP contribution in [0.15, 0.2) is 58.3 Å². The molecular weight excluding hydrogens is 445 g/mol. The van der Waals surface area contributed by atoms with E-state index in [-0.39, 0.29) is 15.4 Å². The molecule has 0 aromatic heterocycles. The van der Waals surface area contributed by atoms with E-state index in [4.69, 9.17) is 0 Å². The van der Waals surface area contributed by atoms with Crippen LogP contribution in [0.4, 0.5) is 13.2 Å². The topological polar surface area (TPSA) is 92.8 Å². The molecule has 1 aliphatic rings. The van der Waals surface area contributed by atoms with Gasteiger partial charge in [0.2, 0.25) is 20.0 Å². The smallest absolute Gasteiger partial charge is 0.405 e.